The molecule has 104 valence electrons. The maximum absolute atomic E-state index is 11.0. The van der Waals surface area contributed by atoms with E-state index in [9.17, 15) is 4.79 Å². The van der Waals surface area contributed by atoms with Gasteiger partial charge in [0.05, 0.1) is 17.4 Å². The molecule has 0 saturated carbocycles. The van der Waals surface area contributed by atoms with Gasteiger partial charge in [-0.15, -0.1) is 0 Å². The van der Waals surface area contributed by atoms with Crippen LogP contribution in [-0.4, -0.2) is 46.6 Å². The van der Waals surface area contributed by atoms with Crippen molar-refractivity contribution in [2.24, 2.45) is 0 Å². The van der Waals surface area contributed by atoms with Gasteiger partial charge in [-0.05, 0) is 32.0 Å². The Morgan fingerprint density at radius 1 is 1.68 bits per heavy atom. The summed E-state index contributed by atoms with van der Waals surface area (Å²) in [6.45, 7) is 5.27. The molecule has 0 radical (unpaired) electrons. The van der Waals surface area contributed by atoms with Gasteiger partial charge in [-0.2, -0.15) is 0 Å². The first-order chi connectivity index (χ1) is 9.10. The summed E-state index contributed by atoms with van der Waals surface area (Å²) in [5.74, 6) is -0.448. The molecule has 1 aromatic rings. The molecule has 0 amide bonds. The molecule has 1 atom stereocenters. The van der Waals surface area contributed by atoms with Gasteiger partial charge >= 0.3 is 5.97 Å². The number of carboxylic acid groups (broad SMARTS) is 1. The zero-order chi connectivity index (χ0) is 13.8. The standard InChI is InChI=1S/C13H20N4O2/c1-2-17-5-3-4-9(8-17)16-12-6-10(13(18)19)11(14)7-15-12/h6-7,9H,2-5,8,14H2,1H3,(H,15,16)(H,18,19). The summed E-state index contributed by atoms with van der Waals surface area (Å²) in [7, 11) is 0. The number of aromatic carboxylic acids is 1. The minimum absolute atomic E-state index is 0.0978. The van der Waals surface area contributed by atoms with Gasteiger partial charge < -0.3 is 21.1 Å². The number of nitrogens with one attached hydrogen (secondary N) is 1. The van der Waals surface area contributed by atoms with Crippen molar-refractivity contribution < 1.29 is 9.90 Å². The normalized spacial score (nSPS) is 20.2. The number of nitrogens with two attached hydrogens (primary N) is 1. The van der Waals surface area contributed by atoms with E-state index in [0.29, 0.717) is 11.9 Å². The number of piperidine rings is 1. The second kappa shape index (κ2) is 5.88. The fourth-order valence-electron chi connectivity index (χ4n) is 2.40. The molecule has 0 spiro atoms. The lowest BCUT2D eigenvalue weighted by molar-refractivity contribution is 0.0698. The molecule has 1 saturated heterocycles. The minimum Gasteiger partial charge on any atom is -0.478 e. The lowest BCUT2D eigenvalue weighted by atomic mass is 10.1. The molecule has 0 aromatic carbocycles. The van der Waals surface area contributed by atoms with Crippen molar-refractivity contribution in [2.75, 3.05) is 30.7 Å². The Hall–Kier alpha value is -1.82. The van der Waals surface area contributed by atoms with E-state index in [1.54, 1.807) is 0 Å². The zero-order valence-electron chi connectivity index (χ0n) is 11.1. The molecule has 4 N–H and O–H groups in total. The average Bonchev–Trinajstić information content (AvgIpc) is 2.41. The number of hydrogen-bond acceptors (Lipinski definition) is 5. The van der Waals surface area contributed by atoms with Crippen LogP contribution >= 0.6 is 0 Å². The van der Waals surface area contributed by atoms with Crippen molar-refractivity contribution in [1.82, 2.24) is 9.88 Å². The Labute approximate surface area is 112 Å². The van der Waals surface area contributed by atoms with Crippen LogP contribution in [0.3, 0.4) is 0 Å². The monoisotopic (exact) mass is 264 g/mol. The maximum Gasteiger partial charge on any atom is 0.337 e. The van der Waals surface area contributed by atoms with E-state index in [2.05, 4.69) is 22.1 Å². The molecular formula is C13H20N4O2. The number of pyridine rings is 1. The van der Waals surface area contributed by atoms with Crippen LogP contribution in [0.4, 0.5) is 11.5 Å². The fraction of sp³-hybridized carbons (Fsp3) is 0.538. The predicted octanol–water partition coefficient (Wildman–Crippen LogP) is 1.26. The summed E-state index contributed by atoms with van der Waals surface area (Å²) in [5.41, 5.74) is 5.88. The summed E-state index contributed by atoms with van der Waals surface area (Å²) in [4.78, 5) is 17.5. The molecule has 1 fully saturated rings. The molecule has 19 heavy (non-hydrogen) atoms. The lowest BCUT2D eigenvalue weighted by Gasteiger charge is -2.32. The van der Waals surface area contributed by atoms with Crippen LogP contribution in [0.15, 0.2) is 12.3 Å². The van der Waals surface area contributed by atoms with Crippen LogP contribution in [0, 0.1) is 0 Å². The zero-order valence-corrected chi connectivity index (χ0v) is 11.1. The number of carboxylic acids is 1. The minimum atomic E-state index is -1.03. The van der Waals surface area contributed by atoms with Gasteiger partial charge in [-0.1, -0.05) is 6.92 Å². The van der Waals surface area contributed by atoms with E-state index in [-0.39, 0.29) is 11.3 Å². The van der Waals surface area contributed by atoms with Crippen molar-refractivity contribution in [3.05, 3.63) is 17.8 Å². The van der Waals surface area contributed by atoms with E-state index >= 15 is 0 Å². The van der Waals surface area contributed by atoms with E-state index in [0.717, 1.165) is 32.5 Å². The fourth-order valence-corrected chi connectivity index (χ4v) is 2.40. The smallest absolute Gasteiger partial charge is 0.337 e. The van der Waals surface area contributed by atoms with Crippen molar-refractivity contribution in [3.63, 3.8) is 0 Å². The Bertz CT molecular complexity index is 464. The van der Waals surface area contributed by atoms with Crippen LogP contribution < -0.4 is 11.1 Å². The van der Waals surface area contributed by atoms with Crippen molar-refractivity contribution in [1.29, 1.82) is 0 Å². The number of anilines is 2. The predicted molar refractivity (Wildman–Crippen MR) is 74.4 cm³/mol. The molecule has 1 unspecified atom stereocenters. The van der Waals surface area contributed by atoms with Crippen molar-refractivity contribution >= 4 is 17.5 Å². The SMILES string of the molecule is CCN1CCCC(Nc2cc(C(=O)O)c(N)cn2)C1. The highest BCUT2D eigenvalue weighted by Crippen LogP contribution is 2.18. The summed E-state index contributed by atoms with van der Waals surface area (Å²) in [6.07, 6.45) is 3.61. The van der Waals surface area contributed by atoms with Crippen LogP contribution in [0.2, 0.25) is 0 Å². The third-order valence-corrected chi connectivity index (χ3v) is 3.47. The van der Waals surface area contributed by atoms with Gasteiger partial charge in [0.2, 0.25) is 0 Å². The van der Waals surface area contributed by atoms with Gasteiger partial charge in [0.25, 0.3) is 0 Å². The van der Waals surface area contributed by atoms with Crippen LogP contribution in [0.25, 0.3) is 0 Å². The average molecular weight is 264 g/mol. The van der Waals surface area contributed by atoms with E-state index in [1.165, 1.54) is 12.3 Å². The topological polar surface area (TPSA) is 91.5 Å². The van der Waals surface area contributed by atoms with Crippen molar-refractivity contribution in [3.8, 4) is 0 Å². The third kappa shape index (κ3) is 3.35. The van der Waals surface area contributed by atoms with Crippen LogP contribution in [-0.2, 0) is 0 Å². The van der Waals surface area contributed by atoms with E-state index in [1.807, 2.05) is 0 Å². The number of likely N-dealkylation sites (N-methyl/N-ethyl adjacent to an activating group) is 1. The van der Waals surface area contributed by atoms with E-state index in [4.69, 9.17) is 10.8 Å². The first kappa shape index (κ1) is 13.6. The quantitative estimate of drug-likeness (QED) is 0.758. The van der Waals surface area contributed by atoms with Gasteiger partial charge in [-0.25, -0.2) is 9.78 Å². The highest BCUT2D eigenvalue weighted by Gasteiger charge is 2.19. The first-order valence-electron chi connectivity index (χ1n) is 6.58. The Balaban J connectivity index is 2.06. The third-order valence-electron chi connectivity index (χ3n) is 3.47. The molecule has 2 heterocycles. The molecule has 1 aliphatic heterocycles. The summed E-state index contributed by atoms with van der Waals surface area (Å²) in [6, 6.07) is 1.81. The van der Waals surface area contributed by atoms with E-state index < -0.39 is 5.97 Å². The highest BCUT2D eigenvalue weighted by atomic mass is 16.4. The van der Waals surface area contributed by atoms with Crippen molar-refractivity contribution in [2.45, 2.75) is 25.8 Å². The summed E-state index contributed by atoms with van der Waals surface area (Å²) >= 11 is 0. The van der Waals surface area contributed by atoms with Gasteiger partial charge in [-0.3, -0.25) is 0 Å². The second-order valence-electron chi connectivity index (χ2n) is 4.84. The van der Waals surface area contributed by atoms with Gasteiger partial charge in [0, 0.05) is 12.6 Å². The molecule has 1 aromatic heterocycles. The molecule has 6 nitrogen and oxygen atoms in total. The first-order valence-corrected chi connectivity index (χ1v) is 6.58. The highest BCUT2D eigenvalue weighted by molar-refractivity contribution is 5.94. The molecular weight excluding hydrogens is 244 g/mol. The number of likely N-dealkylation sites (tertiary alicyclic amines) is 1. The van der Waals surface area contributed by atoms with Gasteiger partial charge in [0.1, 0.15) is 5.82 Å². The summed E-state index contributed by atoms with van der Waals surface area (Å²) < 4.78 is 0. The van der Waals surface area contributed by atoms with Crippen LogP contribution in [0.5, 0.6) is 0 Å². The Kier molecular flexibility index (Phi) is 4.21. The number of rotatable bonds is 4. The lowest BCUT2D eigenvalue weighted by Crippen LogP contribution is -2.42. The number of aromatic nitrogens is 1. The number of nitrogen functional groups attached to an aromatic ring is 1. The summed E-state index contributed by atoms with van der Waals surface area (Å²) in [5, 5.41) is 12.3. The second-order valence-corrected chi connectivity index (χ2v) is 4.84. The number of hydrogen-bond donors (Lipinski definition) is 3. The Morgan fingerprint density at radius 2 is 2.47 bits per heavy atom. The number of nitrogens with zero attached hydrogens (tertiary/aromatic N) is 2. The molecule has 0 aliphatic carbocycles. The molecule has 2 rings (SSSR count). The Morgan fingerprint density at radius 3 is 3.16 bits per heavy atom. The van der Waals surface area contributed by atoms with Gasteiger partial charge in [0.15, 0.2) is 0 Å². The largest absolute Gasteiger partial charge is 0.478 e. The molecule has 0 bridgehead atoms. The molecule has 1 aliphatic rings. The molecule has 6 heteroatoms. The maximum atomic E-state index is 11.0. The number of carbonyl (C=O) groups is 1. The van der Waals surface area contributed by atoms with Crippen LogP contribution in [0.1, 0.15) is 30.1 Å².